The van der Waals surface area contributed by atoms with Gasteiger partial charge in [0.25, 0.3) is 0 Å². The maximum atomic E-state index is 11.3. The molecule has 0 aromatic heterocycles. The van der Waals surface area contributed by atoms with Gasteiger partial charge in [0.05, 0.1) is 12.7 Å². The molecular weight excluding hydrogens is 240 g/mol. The van der Waals surface area contributed by atoms with E-state index in [1.165, 1.54) is 12.7 Å². The van der Waals surface area contributed by atoms with Crippen molar-refractivity contribution in [1.29, 1.82) is 0 Å². The Balaban J connectivity index is 1.84. The van der Waals surface area contributed by atoms with Crippen LogP contribution >= 0.6 is 0 Å². The van der Waals surface area contributed by atoms with Crippen LogP contribution in [0.25, 0.3) is 0 Å². The highest BCUT2D eigenvalue weighted by Gasteiger charge is 2.14. The summed E-state index contributed by atoms with van der Waals surface area (Å²) in [5, 5.41) is 3.44. The molecule has 1 aromatic carbocycles. The Kier molecular flexibility index (Phi) is 4.93. The van der Waals surface area contributed by atoms with Crippen LogP contribution in [0.2, 0.25) is 0 Å². The van der Waals surface area contributed by atoms with E-state index in [0.717, 1.165) is 32.6 Å². The Bertz CT molecular complexity index is 417. The van der Waals surface area contributed by atoms with Crippen molar-refractivity contribution in [2.45, 2.75) is 19.4 Å². The first-order chi connectivity index (χ1) is 9.19. The largest absolute Gasteiger partial charge is 0.465 e. The average Bonchev–Trinajstić information content (AvgIpc) is 2.45. The molecule has 104 valence electrons. The topological polar surface area (TPSA) is 41.6 Å². The fourth-order valence-corrected chi connectivity index (χ4v) is 2.43. The Morgan fingerprint density at radius 1 is 1.42 bits per heavy atom. The van der Waals surface area contributed by atoms with Gasteiger partial charge in [0.2, 0.25) is 0 Å². The van der Waals surface area contributed by atoms with Gasteiger partial charge >= 0.3 is 5.97 Å². The quantitative estimate of drug-likeness (QED) is 0.831. The zero-order valence-electron chi connectivity index (χ0n) is 11.7. The van der Waals surface area contributed by atoms with Gasteiger partial charge in [-0.3, -0.25) is 0 Å². The zero-order chi connectivity index (χ0) is 13.7. The summed E-state index contributed by atoms with van der Waals surface area (Å²) in [6.07, 6.45) is 1.02. The number of nitrogens with zero attached hydrogens (tertiary/aromatic N) is 1. The van der Waals surface area contributed by atoms with E-state index in [0.29, 0.717) is 11.6 Å². The summed E-state index contributed by atoms with van der Waals surface area (Å²) >= 11 is 0. The maximum Gasteiger partial charge on any atom is 0.337 e. The minimum absolute atomic E-state index is 0.275. The van der Waals surface area contributed by atoms with Crippen LogP contribution in [0.5, 0.6) is 0 Å². The molecule has 0 amide bonds. The molecule has 1 aliphatic heterocycles. The van der Waals surface area contributed by atoms with Crippen LogP contribution in [0.1, 0.15) is 22.8 Å². The molecular formula is C15H22N2O2. The van der Waals surface area contributed by atoms with Crippen molar-refractivity contribution in [3.8, 4) is 0 Å². The second-order valence-electron chi connectivity index (χ2n) is 5.09. The number of nitrogens with one attached hydrogen (secondary N) is 1. The van der Waals surface area contributed by atoms with Crippen molar-refractivity contribution in [3.63, 3.8) is 0 Å². The summed E-state index contributed by atoms with van der Waals surface area (Å²) in [5.74, 6) is -0.275. The maximum absolute atomic E-state index is 11.3. The minimum atomic E-state index is -0.275. The van der Waals surface area contributed by atoms with E-state index in [4.69, 9.17) is 0 Å². The van der Waals surface area contributed by atoms with Crippen molar-refractivity contribution in [3.05, 3.63) is 35.4 Å². The molecule has 0 radical (unpaired) electrons. The van der Waals surface area contributed by atoms with Gasteiger partial charge in [-0.25, -0.2) is 4.79 Å². The number of hydrogen-bond donors (Lipinski definition) is 1. The first kappa shape index (κ1) is 14.0. The van der Waals surface area contributed by atoms with E-state index in [2.05, 4.69) is 21.9 Å². The zero-order valence-corrected chi connectivity index (χ0v) is 11.7. The first-order valence-corrected chi connectivity index (χ1v) is 6.82. The molecule has 1 atom stereocenters. The molecule has 1 heterocycles. The number of carbonyl (C=O) groups is 1. The summed E-state index contributed by atoms with van der Waals surface area (Å²) in [6, 6.07) is 8.27. The van der Waals surface area contributed by atoms with Crippen LogP contribution in [0.4, 0.5) is 0 Å². The minimum Gasteiger partial charge on any atom is -0.465 e. The SMILES string of the molecule is COC(=O)c1ccc(CCN2CCN[C@H](C)C2)cc1. The van der Waals surface area contributed by atoms with Gasteiger partial charge in [0.1, 0.15) is 0 Å². The molecule has 2 rings (SSSR count). The molecule has 1 fully saturated rings. The van der Waals surface area contributed by atoms with E-state index in [-0.39, 0.29) is 5.97 Å². The summed E-state index contributed by atoms with van der Waals surface area (Å²) in [6.45, 7) is 6.59. The molecule has 1 N–H and O–H groups in total. The molecule has 1 saturated heterocycles. The lowest BCUT2D eigenvalue weighted by molar-refractivity contribution is 0.0600. The molecule has 0 spiro atoms. The number of esters is 1. The van der Waals surface area contributed by atoms with E-state index in [1.807, 2.05) is 24.3 Å². The molecule has 0 bridgehead atoms. The third kappa shape index (κ3) is 4.04. The summed E-state index contributed by atoms with van der Waals surface area (Å²) in [7, 11) is 1.40. The van der Waals surface area contributed by atoms with E-state index in [1.54, 1.807) is 0 Å². The fraction of sp³-hybridized carbons (Fsp3) is 0.533. The van der Waals surface area contributed by atoms with Gasteiger partial charge in [-0.05, 0) is 31.0 Å². The molecule has 19 heavy (non-hydrogen) atoms. The molecule has 0 aliphatic carbocycles. The number of ether oxygens (including phenoxy) is 1. The summed E-state index contributed by atoms with van der Waals surface area (Å²) in [5.41, 5.74) is 1.88. The number of hydrogen-bond acceptors (Lipinski definition) is 4. The van der Waals surface area contributed by atoms with Crippen molar-refractivity contribution in [2.75, 3.05) is 33.3 Å². The molecule has 4 heteroatoms. The van der Waals surface area contributed by atoms with Crippen molar-refractivity contribution < 1.29 is 9.53 Å². The third-order valence-corrected chi connectivity index (χ3v) is 3.54. The van der Waals surface area contributed by atoms with E-state index >= 15 is 0 Å². The van der Waals surface area contributed by atoms with Crippen molar-refractivity contribution >= 4 is 5.97 Å². The third-order valence-electron chi connectivity index (χ3n) is 3.54. The van der Waals surface area contributed by atoms with Gasteiger partial charge in [0.15, 0.2) is 0 Å². The number of carbonyl (C=O) groups excluding carboxylic acids is 1. The molecule has 1 aliphatic rings. The highest BCUT2D eigenvalue weighted by Crippen LogP contribution is 2.08. The van der Waals surface area contributed by atoms with Crippen molar-refractivity contribution in [1.82, 2.24) is 10.2 Å². The highest BCUT2D eigenvalue weighted by molar-refractivity contribution is 5.89. The lowest BCUT2D eigenvalue weighted by atomic mass is 10.1. The van der Waals surface area contributed by atoms with Crippen LogP contribution in [0.15, 0.2) is 24.3 Å². The van der Waals surface area contributed by atoms with Gasteiger partial charge in [0, 0.05) is 32.2 Å². The van der Waals surface area contributed by atoms with Gasteiger partial charge in [-0.1, -0.05) is 12.1 Å². The summed E-state index contributed by atoms with van der Waals surface area (Å²) < 4.78 is 4.69. The van der Waals surface area contributed by atoms with Crippen LogP contribution in [-0.4, -0.2) is 50.2 Å². The lowest BCUT2D eigenvalue weighted by Gasteiger charge is -2.31. The van der Waals surface area contributed by atoms with Crippen molar-refractivity contribution in [2.24, 2.45) is 0 Å². The monoisotopic (exact) mass is 262 g/mol. The van der Waals surface area contributed by atoms with Crippen LogP contribution in [0, 0.1) is 0 Å². The standard InChI is InChI=1S/C15H22N2O2/c1-12-11-17(10-8-16-12)9-7-13-3-5-14(6-4-13)15(18)19-2/h3-6,12,16H,7-11H2,1-2H3/t12-/m1/s1. The van der Waals surface area contributed by atoms with Crippen LogP contribution in [-0.2, 0) is 11.2 Å². The number of rotatable bonds is 4. The van der Waals surface area contributed by atoms with E-state index in [9.17, 15) is 4.79 Å². The molecule has 4 nitrogen and oxygen atoms in total. The predicted molar refractivity (Wildman–Crippen MR) is 75.4 cm³/mol. The predicted octanol–water partition coefficient (Wildman–Crippen LogP) is 1.31. The second kappa shape index (κ2) is 6.68. The fourth-order valence-electron chi connectivity index (χ4n) is 2.43. The average molecular weight is 262 g/mol. The Hall–Kier alpha value is -1.39. The van der Waals surface area contributed by atoms with Gasteiger partial charge in [-0.15, -0.1) is 0 Å². The first-order valence-electron chi connectivity index (χ1n) is 6.82. The lowest BCUT2D eigenvalue weighted by Crippen LogP contribution is -2.49. The normalized spacial score (nSPS) is 20.2. The molecule has 0 unspecified atom stereocenters. The van der Waals surface area contributed by atoms with Gasteiger partial charge < -0.3 is 15.0 Å². The van der Waals surface area contributed by atoms with Crippen LogP contribution < -0.4 is 5.32 Å². The molecule has 0 saturated carbocycles. The second-order valence-corrected chi connectivity index (χ2v) is 5.09. The Labute approximate surface area is 114 Å². The molecule has 1 aromatic rings. The van der Waals surface area contributed by atoms with Crippen LogP contribution in [0.3, 0.4) is 0 Å². The number of benzene rings is 1. The van der Waals surface area contributed by atoms with Gasteiger partial charge in [-0.2, -0.15) is 0 Å². The number of piperazine rings is 1. The summed E-state index contributed by atoms with van der Waals surface area (Å²) in [4.78, 5) is 13.8. The number of methoxy groups -OCH3 is 1. The van der Waals surface area contributed by atoms with E-state index < -0.39 is 0 Å². The highest BCUT2D eigenvalue weighted by atomic mass is 16.5. The Morgan fingerprint density at radius 2 is 2.16 bits per heavy atom. The smallest absolute Gasteiger partial charge is 0.337 e. The Morgan fingerprint density at radius 3 is 2.79 bits per heavy atom.